The zero-order chi connectivity index (χ0) is 40.4. The summed E-state index contributed by atoms with van der Waals surface area (Å²) in [5, 5.41) is 10.9. The molecule has 11 heteroatoms. The first kappa shape index (κ1) is 41.7. The maximum atomic E-state index is 14.1. The van der Waals surface area contributed by atoms with E-state index in [1.54, 1.807) is 45.0 Å². The second-order valence-corrected chi connectivity index (χ2v) is 17.1. The Morgan fingerprint density at radius 3 is 1.53 bits per heavy atom. The van der Waals surface area contributed by atoms with E-state index in [0.717, 1.165) is 16.7 Å². The molecule has 2 aliphatic heterocycles. The fraction of sp³-hybridized carbons (Fsp3) is 0.364. The minimum Gasteiger partial charge on any atom is -0.383 e. The molecule has 1 N–H and O–H groups in total. The Hall–Kier alpha value is -4.44. The quantitative estimate of drug-likeness (QED) is 0.210. The van der Waals surface area contributed by atoms with Gasteiger partial charge in [-0.25, -0.2) is 8.78 Å². The summed E-state index contributed by atoms with van der Waals surface area (Å²) in [6.07, 6.45) is 1.17. The number of aliphatic hydroxyl groups is 1. The topological polar surface area (TPSA) is 95.0 Å². The summed E-state index contributed by atoms with van der Waals surface area (Å²) < 4.78 is 28.1. The number of aliphatic hydroxyl groups excluding tert-OH is 1. The van der Waals surface area contributed by atoms with Crippen LogP contribution in [-0.4, -0.2) is 56.7 Å². The molecule has 0 radical (unpaired) electrons. The average molecular weight is 792 g/mol. The Bertz CT molecular complexity index is 2070. The third-order valence-corrected chi connectivity index (χ3v) is 10.2. The van der Waals surface area contributed by atoms with E-state index in [1.165, 1.54) is 34.1 Å². The lowest BCUT2D eigenvalue weighted by molar-refractivity contribution is -0.152. The molecule has 0 aliphatic carbocycles. The zero-order valence-electron chi connectivity index (χ0n) is 31.8. The molecule has 0 spiro atoms. The number of imide groups is 2. The smallest absolute Gasteiger partial charge is 0.258 e. The van der Waals surface area contributed by atoms with Crippen molar-refractivity contribution in [2.24, 2.45) is 10.8 Å². The van der Waals surface area contributed by atoms with Crippen molar-refractivity contribution in [3.8, 4) is 22.3 Å². The van der Waals surface area contributed by atoms with Crippen LogP contribution in [0.1, 0.15) is 71.9 Å². The summed E-state index contributed by atoms with van der Waals surface area (Å²) in [5.74, 6) is -1.75. The Morgan fingerprint density at radius 1 is 0.673 bits per heavy atom. The van der Waals surface area contributed by atoms with E-state index >= 15 is 0 Å². The highest BCUT2D eigenvalue weighted by molar-refractivity contribution is 6.31. The maximum absolute atomic E-state index is 14.1. The van der Waals surface area contributed by atoms with E-state index in [1.807, 2.05) is 57.2 Å². The fourth-order valence-corrected chi connectivity index (χ4v) is 7.15. The van der Waals surface area contributed by atoms with Crippen molar-refractivity contribution in [2.75, 3.05) is 0 Å². The Kier molecular flexibility index (Phi) is 12.7. The normalized spacial score (nSPS) is 18.7. The van der Waals surface area contributed by atoms with Crippen LogP contribution in [0.2, 0.25) is 10.0 Å². The lowest BCUT2D eigenvalue weighted by Crippen LogP contribution is -2.46. The highest BCUT2D eigenvalue weighted by Crippen LogP contribution is 2.32. The van der Waals surface area contributed by atoms with E-state index in [9.17, 15) is 33.1 Å². The molecule has 4 aromatic rings. The summed E-state index contributed by atoms with van der Waals surface area (Å²) in [6.45, 7) is 10.7. The lowest BCUT2D eigenvalue weighted by Gasteiger charge is -2.29. The number of nitrogens with zero attached hydrogens (tertiary/aromatic N) is 2. The molecule has 6 rings (SSSR count). The van der Waals surface area contributed by atoms with Crippen molar-refractivity contribution < 1.29 is 33.1 Å². The van der Waals surface area contributed by atoms with Crippen LogP contribution in [0, 0.1) is 22.5 Å². The molecule has 4 amide bonds. The van der Waals surface area contributed by atoms with Crippen LogP contribution in [0.25, 0.3) is 22.3 Å². The predicted octanol–water partition coefficient (Wildman–Crippen LogP) is 9.48. The molecule has 0 unspecified atom stereocenters. The van der Waals surface area contributed by atoms with Crippen molar-refractivity contribution in [3.05, 3.63) is 118 Å². The van der Waals surface area contributed by atoms with Gasteiger partial charge in [-0.3, -0.25) is 29.0 Å². The first-order valence-electron chi connectivity index (χ1n) is 18.3. The summed E-state index contributed by atoms with van der Waals surface area (Å²) in [5.41, 5.74) is 2.89. The third kappa shape index (κ3) is 9.87. The first-order valence-corrected chi connectivity index (χ1v) is 19.0. The highest BCUT2D eigenvalue weighted by Gasteiger charge is 2.45. The molecule has 290 valence electrons. The van der Waals surface area contributed by atoms with Crippen LogP contribution in [0.3, 0.4) is 0 Å². The lowest BCUT2D eigenvalue weighted by atomic mass is 9.93. The van der Waals surface area contributed by atoms with E-state index in [-0.39, 0.29) is 41.8 Å². The van der Waals surface area contributed by atoms with Gasteiger partial charge in [-0.2, -0.15) is 0 Å². The number of benzene rings is 4. The van der Waals surface area contributed by atoms with Crippen molar-refractivity contribution in [2.45, 2.75) is 91.8 Å². The van der Waals surface area contributed by atoms with Crippen LogP contribution in [0.15, 0.2) is 84.9 Å². The van der Waals surface area contributed by atoms with Gasteiger partial charge < -0.3 is 5.11 Å². The molecule has 3 atom stereocenters. The standard InChI is InChI=1S/C22H23ClFNO3.C22H23ClFNO2/c1-22(2,3)21(28)25-16(12-19(26)20(25)27)10-13-4-6-14(7-5-13)17-11-15(23)8-9-18(17)24;1-22(2,3)21(27)25-17(9-11-20(25)26)12-14-4-6-15(7-5-14)18-13-16(23)8-10-19(18)24/h4-9,11,16,19,26H,10,12H2,1-3H3;4-8,10,13,17H,9,11-12H2,1-3H3/t16-,19-;17-/m10/s1. The predicted molar refractivity (Wildman–Crippen MR) is 211 cm³/mol. The molecule has 2 fully saturated rings. The summed E-state index contributed by atoms with van der Waals surface area (Å²) >= 11 is 11.9. The van der Waals surface area contributed by atoms with Gasteiger partial charge >= 0.3 is 0 Å². The largest absolute Gasteiger partial charge is 0.383 e. The monoisotopic (exact) mass is 790 g/mol. The van der Waals surface area contributed by atoms with Crippen LogP contribution < -0.4 is 0 Å². The summed E-state index contributed by atoms with van der Waals surface area (Å²) in [4.78, 5) is 52.5. The number of hydrogen-bond acceptors (Lipinski definition) is 5. The van der Waals surface area contributed by atoms with Gasteiger partial charge in [0.2, 0.25) is 17.7 Å². The average Bonchev–Trinajstić information content (AvgIpc) is 3.62. The number of likely N-dealkylation sites (tertiary alicyclic amines) is 2. The number of carbonyl (C=O) groups is 4. The van der Waals surface area contributed by atoms with Gasteiger partial charge in [0, 0.05) is 56.9 Å². The van der Waals surface area contributed by atoms with Gasteiger partial charge in [-0.05, 0) is 77.9 Å². The van der Waals surface area contributed by atoms with Crippen molar-refractivity contribution in [1.82, 2.24) is 9.80 Å². The molecule has 4 aromatic carbocycles. The van der Waals surface area contributed by atoms with E-state index in [2.05, 4.69) is 0 Å². The molecular weight excluding hydrogens is 745 g/mol. The molecule has 0 aromatic heterocycles. The van der Waals surface area contributed by atoms with Gasteiger partial charge in [0.05, 0.1) is 0 Å². The van der Waals surface area contributed by atoms with E-state index < -0.39 is 28.9 Å². The fourth-order valence-electron chi connectivity index (χ4n) is 6.81. The second-order valence-electron chi connectivity index (χ2n) is 16.2. The molecule has 55 heavy (non-hydrogen) atoms. The van der Waals surface area contributed by atoms with Gasteiger partial charge in [-0.1, -0.05) is 113 Å². The number of rotatable bonds is 6. The van der Waals surface area contributed by atoms with Gasteiger partial charge in [0.1, 0.15) is 17.7 Å². The van der Waals surface area contributed by atoms with Gasteiger partial charge in [-0.15, -0.1) is 0 Å². The minimum absolute atomic E-state index is 0.0995. The molecule has 7 nitrogen and oxygen atoms in total. The van der Waals surface area contributed by atoms with Crippen LogP contribution in [-0.2, 0) is 32.0 Å². The first-order chi connectivity index (χ1) is 25.7. The highest BCUT2D eigenvalue weighted by atomic mass is 35.5. The minimum atomic E-state index is -1.16. The van der Waals surface area contributed by atoms with Crippen LogP contribution in [0.5, 0.6) is 0 Å². The Morgan fingerprint density at radius 2 is 1.09 bits per heavy atom. The number of hydrogen-bond donors (Lipinski definition) is 1. The van der Waals surface area contributed by atoms with Gasteiger partial charge in [0.25, 0.3) is 5.91 Å². The molecule has 2 aliphatic rings. The van der Waals surface area contributed by atoms with Gasteiger partial charge in [0.15, 0.2) is 0 Å². The second kappa shape index (κ2) is 16.7. The Labute approximate surface area is 331 Å². The summed E-state index contributed by atoms with van der Waals surface area (Å²) in [7, 11) is 0. The van der Waals surface area contributed by atoms with E-state index in [4.69, 9.17) is 23.2 Å². The van der Waals surface area contributed by atoms with Crippen molar-refractivity contribution in [1.29, 1.82) is 0 Å². The third-order valence-electron chi connectivity index (χ3n) is 9.76. The molecule has 2 heterocycles. The van der Waals surface area contributed by atoms with Crippen LogP contribution in [0.4, 0.5) is 8.78 Å². The summed E-state index contributed by atoms with van der Waals surface area (Å²) in [6, 6.07) is 23.1. The number of amides is 4. The number of halogens is 4. The van der Waals surface area contributed by atoms with Crippen molar-refractivity contribution >= 4 is 46.8 Å². The molecular formula is C44H46Cl2F2N2O5. The SMILES string of the molecule is CC(C)(C)C(=O)N1C(=O)CC[C@H]1Cc1ccc(-c2cc(Cl)ccc2F)cc1.CC(C)(C)C(=O)N1C(=O)[C@H](O)C[C@H]1Cc1ccc(-c2cc(Cl)ccc2F)cc1. The molecule has 0 saturated carbocycles. The maximum Gasteiger partial charge on any atom is 0.258 e. The van der Waals surface area contributed by atoms with E-state index in [0.29, 0.717) is 52.4 Å². The van der Waals surface area contributed by atoms with Crippen LogP contribution >= 0.6 is 23.2 Å². The van der Waals surface area contributed by atoms with Crippen molar-refractivity contribution in [3.63, 3.8) is 0 Å². The zero-order valence-corrected chi connectivity index (χ0v) is 33.3. The number of carbonyl (C=O) groups excluding carboxylic acids is 4. The Balaban J connectivity index is 0.000000211. The molecule has 0 bridgehead atoms. The molecule has 2 saturated heterocycles.